The highest BCUT2D eigenvalue weighted by Crippen LogP contribution is 2.27. The number of anilines is 4. The molecule has 0 saturated carbocycles. The van der Waals surface area contributed by atoms with E-state index in [9.17, 15) is 14.7 Å². The van der Waals surface area contributed by atoms with Gasteiger partial charge in [0.15, 0.2) is 0 Å². The smallest absolute Gasteiger partial charge is 0.258 e. The van der Waals surface area contributed by atoms with Crippen molar-refractivity contribution in [3.8, 4) is 5.75 Å². The Balaban J connectivity index is -0.000000563. The van der Waals surface area contributed by atoms with Crippen LogP contribution in [0.4, 0.5) is 23.5 Å². The molecule has 3 aliphatic heterocycles. The second-order valence-corrected chi connectivity index (χ2v) is 9.29. The van der Waals surface area contributed by atoms with Crippen molar-refractivity contribution in [1.82, 2.24) is 49.8 Å². The first-order chi connectivity index (χ1) is 17.1. The molecule has 3 aliphatic rings. The molecule has 3 fully saturated rings. The third-order valence-electron chi connectivity index (χ3n) is 6.70. The van der Waals surface area contributed by atoms with E-state index in [0.29, 0.717) is 36.6 Å². The second kappa shape index (κ2) is 16.6. The lowest BCUT2D eigenvalue weighted by atomic mass is 10.1. The molecule has 0 bridgehead atoms. The Hall–Kier alpha value is -3.50. The predicted molar refractivity (Wildman–Crippen MR) is 168 cm³/mol. The average Bonchev–Trinajstić information content (AvgIpc) is 2.89. The van der Waals surface area contributed by atoms with Crippen molar-refractivity contribution in [2.24, 2.45) is 0 Å². The Kier molecular flexibility index (Phi) is 15.1. The molecule has 1 aromatic carbocycles. The zero-order valence-corrected chi connectivity index (χ0v) is 23.9. The Bertz CT molecular complexity index is 1080. The van der Waals surface area contributed by atoms with Crippen molar-refractivity contribution in [1.29, 1.82) is 0 Å². The first-order valence-corrected chi connectivity index (χ1v) is 12.5. The minimum Gasteiger partial charge on any atom is -0.507 e. The number of amides is 2. The molecule has 234 valence electrons. The van der Waals surface area contributed by atoms with Crippen LogP contribution < -0.4 is 45.0 Å². The monoisotopic (exact) mass is 592 g/mol. The normalized spacial score (nSPS) is 16.5. The Labute approximate surface area is 247 Å². The number of phenolic OH excluding ortho intramolecular Hbond substituents is 1. The highest BCUT2D eigenvalue weighted by atomic mass is 35.5. The van der Waals surface area contributed by atoms with E-state index in [0.717, 1.165) is 51.9 Å². The number of halogens is 1. The molecule has 0 atom stereocenters. The van der Waals surface area contributed by atoms with Crippen LogP contribution in [0.2, 0.25) is 0 Å². The number of rotatable bonds is 5. The number of hydrogen-bond donors (Lipinski definition) is 7. The minimum absolute atomic E-state index is 0. The van der Waals surface area contributed by atoms with Crippen LogP contribution in [0.5, 0.6) is 5.75 Å². The SMILES string of the molecule is Cl.N.N.N.N.O=C1CN(C(=O)c2ccc(Nc3nc(N4CCCCC4)nc(N4CCCCC4)n3)cc2O)CCN1.[HH].[HH].[HH].[HH]. The fraction of sp³-hybridized carbons (Fsp3) is 0.542. The number of piperidine rings is 2. The number of nitrogens with one attached hydrogen (secondary N) is 2. The topological polar surface area (TPSA) is 267 Å². The van der Waals surface area contributed by atoms with Gasteiger partial charge in [-0.25, -0.2) is 0 Å². The molecule has 0 radical (unpaired) electrons. The van der Waals surface area contributed by atoms with E-state index in [1.54, 1.807) is 12.1 Å². The lowest BCUT2D eigenvalue weighted by Gasteiger charge is -2.30. The maximum Gasteiger partial charge on any atom is 0.258 e. The summed E-state index contributed by atoms with van der Waals surface area (Å²) in [6, 6.07) is 4.76. The summed E-state index contributed by atoms with van der Waals surface area (Å²) in [4.78, 5) is 44.4. The standard InChI is InChI=1S/C24H32N8O3.ClH.4H3N.4H2/c33-19-15-17(7-8-18(19)21(35)32-14-9-25-20(34)16-32)26-22-27-23(30-10-3-1-4-11-30)29-24(28-22)31-12-5-2-6-13-31;;;;;;;;;/h7-8,15,33H,1-6,9-14,16H2,(H,25,34)(H,26,27,28,29);1H;4*1H3;4*1H. The first kappa shape index (κ1) is 36.5. The molecule has 0 spiro atoms. The second-order valence-electron chi connectivity index (χ2n) is 9.29. The fourth-order valence-corrected chi connectivity index (χ4v) is 4.78. The molecular formula is C24H53ClN12O3. The summed E-state index contributed by atoms with van der Waals surface area (Å²) in [5.74, 6) is 1.01. The largest absolute Gasteiger partial charge is 0.507 e. The van der Waals surface area contributed by atoms with Crippen LogP contribution in [0.15, 0.2) is 18.2 Å². The summed E-state index contributed by atoms with van der Waals surface area (Å²) in [6.45, 7) is 4.51. The molecule has 15 nitrogen and oxygen atoms in total. The van der Waals surface area contributed by atoms with Crippen molar-refractivity contribution >= 4 is 47.8 Å². The van der Waals surface area contributed by atoms with E-state index >= 15 is 0 Å². The van der Waals surface area contributed by atoms with Gasteiger partial charge in [0.1, 0.15) is 5.75 Å². The Morgan fingerprint density at radius 3 is 1.90 bits per heavy atom. The Morgan fingerprint density at radius 2 is 1.40 bits per heavy atom. The van der Waals surface area contributed by atoms with Gasteiger partial charge in [0.05, 0.1) is 12.1 Å². The maximum atomic E-state index is 12.8. The van der Waals surface area contributed by atoms with Gasteiger partial charge < -0.3 is 55.0 Å². The van der Waals surface area contributed by atoms with Crippen LogP contribution in [-0.2, 0) is 4.79 Å². The van der Waals surface area contributed by atoms with Gasteiger partial charge in [-0.15, -0.1) is 12.4 Å². The van der Waals surface area contributed by atoms with Crippen molar-refractivity contribution in [3.05, 3.63) is 23.8 Å². The number of aromatic nitrogens is 3. The number of piperazine rings is 1. The number of phenols is 1. The van der Waals surface area contributed by atoms with Crippen LogP contribution in [0.3, 0.4) is 0 Å². The summed E-state index contributed by atoms with van der Waals surface area (Å²) in [5, 5.41) is 16.5. The van der Waals surface area contributed by atoms with Gasteiger partial charge in [-0.3, -0.25) is 9.59 Å². The van der Waals surface area contributed by atoms with Crippen molar-refractivity contribution in [2.75, 3.05) is 60.9 Å². The molecule has 1 aromatic heterocycles. The predicted octanol–water partition coefficient (Wildman–Crippen LogP) is 3.93. The molecule has 15 N–H and O–H groups in total. The summed E-state index contributed by atoms with van der Waals surface area (Å²) < 4.78 is 0. The summed E-state index contributed by atoms with van der Waals surface area (Å²) in [5.41, 5.74) is 0.722. The summed E-state index contributed by atoms with van der Waals surface area (Å²) in [7, 11) is 0. The van der Waals surface area contributed by atoms with Gasteiger partial charge in [0, 0.05) is 56.7 Å². The third-order valence-corrected chi connectivity index (χ3v) is 6.70. The van der Waals surface area contributed by atoms with Gasteiger partial charge in [-0.05, 0) is 50.7 Å². The Morgan fingerprint density at radius 1 is 0.850 bits per heavy atom. The van der Waals surface area contributed by atoms with E-state index in [1.807, 2.05) is 0 Å². The van der Waals surface area contributed by atoms with Crippen molar-refractivity contribution in [3.63, 3.8) is 0 Å². The molecule has 5 rings (SSSR count). The average molecular weight is 593 g/mol. The molecule has 0 aliphatic carbocycles. The van der Waals surface area contributed by atoms with E-state index in [2.05, 4.69) is 30.4 Å². The van der Waals surface area contributed by atoms with Crippen molar-refractivity contribution < 1.29 is 20.4 Å². The number of carbonyl (C=O) groups is 2. The van der Waals surface area contributed by atoms with Crippen LogP contribution in [0.1, 0.15) is 54.6 Å². The quantitative estimate of drug-likeness (QED) is 0.259. The first-order valence-electron chi connectivity index (χ1n) is 12.5. The van der Waals surface area contributed by atoms with Crippen LogP contribution in [0.25, 0.3) is 0 Å². The molecular weight excluding hydrogens is 540 g/mol. The fourth-order valence-electron chi connectivity index (χ4n) is 4.78. The maximum absolute atomic E-state index is 12.8. The number of hydrogen-bond acceptors (Lipinski definition) is 13. The zero-order chi connectivity index (χ0) is 24.2. The molecule has 2 amide bonds. The van der Waals surface area contributed by atoms with Gasteiger partial charge in [0.25, 0.3) is 5.91 Å². The van der Waals surface area contributed by atoms with Gasteiger partial charge in [-0.1, -0.05) is 0 Å². The number of nitrogens with zero attached hydrogens (tertiary/aromatic N) is 6. The number of carbonyl (C=O) groups excluding carboxylic acids is 2. The molecule has 16 heteroatoms. The van der Waals surface area contributed by atoms with Crippen LogP contribution in [0, 0.1) is 0 Å². The summed E-state index contributed by atoms with van der Waals surface area (Å²) in [6.07, 6.45) is 6.92. The third kappa shape index (κ3) is 8.50. The highest BCUT2D eigenvalue weighted by Gasteiger charge is 2.25. The van der Waals surface area contributed by atoms with E-state index in [4.69, 9.17) is 4.98 Å². The zero-order valence-electron chi connectivity index (χ0n) is 23.1. The molecule has 40 heavy (non-hydrogen) atoms. The molecule has 2 aromatic rings. The summed E-state index contributed by atoms with van der Waals surface area (Å²) >= 11 is 0. The molecule has 3 saturated heterocycles. The van der Waals surface area contributed by atoms with Crippen LogP contribution in [-0.4, -0.2) is 82.6 Å². The van der Waals surface area contributed by atoms with Gasteiger partial charge >= 0.3 is 0 Å². The van der Waals surface area contributed by atoms with E-state index in [1.165, 1.54) is 23.8 Å². The van der Waals surface area contributed by atoms with Gasteiger partial charge in [0.2, 0.25) is 23.8 Å². The van der Waals surface area contributed by atoms with E-state index < -0.39 is 0 Å². The minimum atomic E-state index is -0.371. The molecule has 4 heterocycles. The van der Waals surface area contributed by atoms with Crippen molar-refractivity contribution in [2.45, 2.75) is 38.5 Å². The number of benzene rings is 1. The highest BCUT2D eigenvalue weighted by molar-refractivity contribution is 5.99. The van der Waals surface area contributed by atoms with E-state index in [-0.39, 0.29) is 72.4 Å². The van der Waals surface area contributed by atoms with Crippen LogP contribution >= 0.6 is 12.4 Å². The lowest BCUT2D eigenvalue weighted by molar-refractivity contribution is -0.123. The number of aromatic hydroxyl groups is 1. The lowest BCUT2D eigenvalue weighted by Crippen LogP contribution is -2.49. The molecule has 0 unspecified atom stereocenters. The van der Waals surface area contributed by atoms with Gasteiger partial charge in [-0.2, -0.15) is 15.0 Å².